The van der Waals surface area contributed by atoms with E-state index in [1.807, 2.05) is 0 Å². The van der Waals surface area contributed by atoms with Gasteiger partial charge in [0.1, 0.15) is 0 Å². The Bertz CT molecular complexity index is 263. The van der Waals surface area contributed by atoms with Crippen molar-refractivity contribution in [2.75, 3.05) is 32.9 Å². The lowest BCUT2D eigenvalue weighted by molar-refractivity contribution is 0.0122. The van der Waals surface area contributed by atoms with Crippen LogP contribution in [0.15, 0.2) is 0 Å². The molecule has 0 aromatic rings. The van der Waals surface area contributed by atoms with Crippen molar-refractivity contribution in [2.45, 2.75) is 56.7 Å². The first-order valence-electron chi connectivity index (χ1n) is 8.09. The molecule has 0 amide bonds. The fourth-order valence-corrected chi connectivity index (χ4v) is 3.84. The van der Waals surface area contributed by atoms with Crippen molar-refractivity contribution in [3.63, 3.8) is 0 Å². The third kappa shape index (κ3) is 3.69. The predicted octanol–water partition coefficient (Wildman–Crippen LogP) is 1.30. The fraction of sp³-hybridized carbons (Fsp3) is 1.00. The van der Waals surface area contributed by atoms with E-state index in [4.69, 9.17) is 9.47 Å². The minimum atomic E-state index is 0.450. The van der Waals surface area contributed by atoms with Crippen LogP contribution in [0.2, 0.25) is 0 Å². The van der Waals surface area contributed by atoms with Gasteiger partial charge in [-0.05, 0) is 38.0 Å². The highest BCUT2D eigenvalue weighted by Gasteiger charge is 2.34. The van der Waals surface area contributed by atoms with Gasteiger partial charge in [-0.2, -0.15) is 0 Å². The summed E-state index contributed by atoms with van der Waals surface area (Å²) >= 11 is 0. The fourth-order valence-electron chi connectivity index (χ4n) is 3.84. The highest BCUT2D eigenvalue weighted by Crippen LogP contribution is 2.29. The summed E-state index contributed by atoms with van der Waals surface area (Å²) in [6, 6.07) is 1.21. The van der Waals surface area contributed by atoms with Gasteiger partial charge < -0.3 is 20.1 Å². The largest absolute Gasteiger partial charge is 0.379 e. The Morgan fingerprint density at radius 2 is 2.05 bits per heavy atom. The van der Waals surface area contributed by atoms with Gasteiger partial charge in [0, 0.05) is 31.8 Å². The van der Waals surface area contributed by atoms with Crippen molar-refractivity contribution in [3.8, 4) is 0 Å². The first-order chi connectivity index (χ1) is 9.43. The van der Waals surface area contributed by atoms with Gasteiger partial charge in [-0.1, -0.05) is 6.42 Å². The average Bonchev–Trinajstić information content (AvgIpc) is 2.95. The average molecular weight is 268 g/mol. The van der Waals surface area contributed by atoms with E-state index in [0.29, 0.717) is 18.2 Å². The second-order valence-corrected chi connectivity index (χ2v) is 6.23. The monoisotopic (exact) mass is 268 g/mol. The van der Waals surface area contributed by atoms with E-state index in [1.165, 1.54) is 38.5 Å². The predicted molar refractivity (Wildman–Crippen MR) is 75.3 cm³/mol. The van der Waals surface area contributed by atoms with E-state index in [0.717, 1.165) is 38.8 Å². The summed E-state index contributed by atoms with van der Waals surface area (Å²) in [5, 5.41) is 7.41. The zero-order valence-corrected chi connectivity index (χ0v) is 11.9. The van der Waals surface area contributed by atoms with Crippen LogP contribution < -0.4 is 10.6 Å². The highest BCUT2D eigenvalue weighted by atomic mass is 16.5. The van der Waals surface area contributed by atoms with Gasteiger partial charge in [0.25, 0.3) is 0 Å². The molecule has 3 rings (SSSR count). The van der Waals surface area contributed by atoms with E-state index in [1.54, 1.807) is 0 Å². The Morgan fingerprint density at radius 3 is 2.84 bits per heavy atom. The first-order valence-corrected chi connectivity index (χ1v) is 8.09. The van der Waals surface area contributed by atoms with Gasteiger partial charge >= 0.3 is 0 Å². The number of nitrogens with one attached hydrogen (secondary N) is 2. The summed E-state index contributed by atoms with van der Waals surface area (Å²) in [6.45, 7) is 4.77. The minimum Gasteiger partial charge on any atom is -0.379 e. The third-order valence-electron chi connectivity index (χ3n) is 4.92. The third-order valence-corrected chi connectivity index (χ3v) is 4.92. The Labute approximate surface area is 116 Å². The van der Waals surface area contributed by atoms with Crippen LogP contribution in [-0.2, 0) is 9.47 Å². The van der Waals surface area contributed by atoms with E-state index < -0.39 is 0 Å². The molecule has 110 valence electrons. The van der Waals surface area contributed by atoms with Crippen LogP contribution in [0.5, 0.6) is 0 Å². The molecule has 19 heavy (non-hydrogen) atoms. The van der Waals surface area contributed by atoms with Gasteiger partial charge in [-0.3, -0.25) is 0 Å². The lowest BCUT2D eigenvalue weighted by Gasteiger charge is -2.34. The quantitative estimate of drug-likeness (QED) is 0.806. The van der Waals surface area contributed by atoms with Crippen LogP contribution in [0.1, 0.15) is 38.5 Å². The molecule has 4 atom stereocenters. The Balaban J connectivity index is 1.45. The van der Waals surface area contributed by atoms with Crippen molar-refractivity contribution in [1.82, 2.24) is 10.6 Å². The van der Waals surface area contributed by atoms with Crippen molar-refractivity contribution in [2.24, 2.45) is 5.92 Å². The Kier molecular flexibility index (Phi) is 5.10. The lowest BCUT2D eigenvalue weighted by Crippen LogP contribution is -2.51. The van der Waals surface area contributed by atoms with Crippen LogP contribution in [0.3, 0.4) is 0 Å². The maximum atomic E-state index is 5.82. The van der Waals surface area contributed by atoms with Gasteiger partial charge in [0.05, 0.1) is 19.3 Å². The molecule has 1 aliphatic carbocycles. The molecule has 0 aromatic carbocycles. The maximum absolute atomic E-state index is 5.82. The summed E-state index contributed by atoms with van der Waals surface area (Å²) in [6.07, 6.45) is 8.26. The van der Waals surface area contributed by atoms with E-state index in [9.17, 15) is 0 Å². The summed E-state index contributed by atoms with van der Waals surface area (Å²) in [7, 11) is 0. The highest BCUT2D eigenvalue weighted by molar-refractivity contribution is 4.92. The smallest absolute Gasteiger partial charge is 0.0699 e. The molecule has 4 nitrogen and oxygen atoms in total. The summed E-state index contributed by atoms with van der Waals surface area (Å²) in [4.78, 5) is 0. The molecule has 3 fully saturated rings. The van der Waals surface area contributed by atoms with Crippen LogP contribution in [0.4, 0.5) is 0 Å². The zero-order valence-electron chi connectivity index (χ0n) is 11.9. The van der Waals surface area contributed by atoms with E-state index in [2.05, 4.69) is 10.6 Å². The number of rotatable bonds is 4. The summed E-state index contributed by atoms with van der Waals surface area (Å²) in [5.74, 6) is 0.740. The Hall–Kier alpha value is -0.160. The first kappa shape index (κ1) is 13.8. The topological polar surface area (TPSA) is 42.5 Å². The standard InChI is InChI=1S/C15H28N2O2/c1-2-8-19-12(4-1)10-17-14-6-3-5-13(14)15-11-18-9-7-16-15/h12-17H,1-11H2. The molecule has 2 saturated heterocycles. The molecule has 4 heteroatoms. The van der Waals surface area contributed by atoms with Crippen molar-refractivity contribution in [1.29, 1.82) is 0 Å². The Morgan fingerprint density at radius 1 is 1.05 bits per heavy atom. The molecular weight excluding hydrogens is 240 g/mol. The SMILES string of the molecule is C1CCC(CNC2CCCC2C2COCCN2)OC1. The van der Waals surface area contributed by atoms with Crippen LogP contribution >= 0.6 is 0 Å². The normalized spacial score (nSPS) is 40.4. The van der Waals surface area contributed by atoms with Gasteiger partial charge in [0.2, 0.25) is 0 Å². The molecule has 2 heterocycles. The molecule has 3 aliphatic rings. The van der Waals surface area contributed by atoms with Crippen LogP contribution in [0.25, 0.3) is 0 Å². The molecule has 0 bridgehead atoms. The second kappa shape index (κ2) is 7.02. The van der Waals surface area contributed by atoms with Gasteiger partial charge in [0.15, 0.2) is 0 Å². The molecule has 0 aromatic heterocycles. The van der Waals surface area contributed by atoms with Gasteiger partial charge in [-0.25, -0.2) is 0 Å². The van der Waals surface area contributed by atoms with Gasteiger partial charge in [-0.15, -0.1) is 0 Å². The van der Waals surface area contributed by atoms with E-state index in [-0.39, 0.29) is 0 Å². The molecule has 2 N–H and O–H groups in total. The molecule has 0 radical (unpaired) electrons. The number of ether oxygens (including phenoxy) is 2. The number of hydrogen-bond donors (Lipinski definition) is 2. The minimum absolute atomic E-state index is 0.450. The van der Waals surface area contributed by atoms with Crippen LogP contribution in [-0.4, -0.2) is 51.1 Å². The van der Waals surface area contributed by atoms with Crippen LogP contribution in [0, 0.1) is 5.92 Å². The summed E-state index contributed by atoms with van der Waals surface area (Å²) < 4.78 is 11.4. The number of hydrogen-bond acceptors (Lipinski definition) is 4. The summed E-state index contributed by atoms with van der Waals surface area (Å²) in [5.41, 5.74) is 0. The lowest BCUT2D eigenvalue weighted by atomic mass is 9.93. The van der Waals surface area contributed by atoms with Crippen molar-refractivity contribution in [3.05, 3.63) is 0 Å². The molecule has 0 spiro atoms. The van der Waals surface area contributed by atoms with Crippen molar-refractivity contribution >= 4 is 0 Å². The maximum Gasteiger partial charge on any atom is 0.0699 e. The zero-order chi connectivity index (χ0) is 12.9. The molecular formula is C15H28N2O2. The molecule has 4 unspecified atom stereocenters. The molecule has 2 aliphatic heterocycles. The number of morpholine rings is 1. The molecule has 1 saturated carbocycles. The van der Waals surface area contributed by atoms with Crippen molar-refractivity contribution < 1.29 is 9.47 Å². The second-order valence-electron chi connectivity index (χ2n) is 6.23. The van der Waals surface area contributed by atoms with E-state index >= 15 is 0 Å².